The van der Waals surface area contributed by atoms with Crippen molar-refractivity contribution < 1.29 is 0 Å². The van der Waals surface area contributed by atoms with Gasteiger partial charge < -0.3 is 5.32 Å². The Balaban J connectivity index is 1.85. The number of benzene rings is 1. The normalized spacial score (nSPS) is 18.2. The minimum Gasteiger partial charge on any atom is -0.375 e. The average molecular weight is 214 g/mol. The third kappa shape index (κ3) is 1.46. The number of rotatable bonds is 2. The molecule has 0 amide bonds. The second kappa shape index (κ2) is 3.63. The van der Waals surface area contributed by atoms with Crippen molar-refractivity contribution in [3.8, 4) is 0 Å². The molecule has 0 spiro atoms. The average Bonchev–Trinajstić information content (AvgIpc) is 2.95. The van der Waals surface area contributed by atoms with Crippen LogP contribution in [-0.2, 0) is 12.8 Å². The van der Waals surface area contributed by atoms with Gasteiger partial charge in [0.25, 0.3) is 0 Å². The number of aryl methyl sites for hydroxylation is 1. The Morgan fingerprint density at radius 2 is 2.25 bits per heavy atom. The first kappa shape index (κ1) is 9.39. The monoisotopic (exact) mass is 214 g/mol. The fourth-order valence-electron chi connectivity index (χ4n) is 2.08. The van der Waals surface area contributed by atoms with Gasteiger partial charge in [-0.3, -0.25) is 5.10 Å². The summed E-state index contributed by atoms with van der Waals surface area (Å²) < 4.78 is 0. The third-order valence-electron chi connectivity index (χ3n) is 2.97. The molecular formula is C12H14N4. The van der Waals surface area contributed by atoms with E-state index in [1.54, 1.807) is 0 Å². The highest BCUT2D eigenvalue weighted by molar-refractivity contribution is 5.57. The zero-order valence-electron chi connectivity index (χ0n) is 9.20. The maximum absolute atomic E-state index is 4.46. The third-order valence-corrected chi connectivity index (χ3v) is 2.97. The van der Waals surface area contributed by atoms with Gasteiger partial charge in [0.05, 0.1) is 6.04 Å². The Morgan fingerprint density at radius 3 is 3.00 bits per heavy atom. The number of para-hydroxylation sites is 1. The van der Waals surface area contributed by atoms with E-state index < -0.39 is 0 Å². The summed E-state index contributed by atoms with van der Waals surface area (Å²) in [5.41, 5.74) is 2.55. The van der Waals surface area contributed by atoms with Crippen LogP contribution in [0.3, 0.4) is 0 Å². The highest BCUT2D eigenvalue weighted by Crippen LogP contribution is 2.32. The molecule has 16 heavy (non-hydrogen) atoms. The summed E-state index contributed by atoms with van der Waals surface area (Å²) in [5.74, 6) is 1.82. The first-order valence-electron chi connectivity index (χ1n) is 5.62. The Bertz CT molecular complexity index is 478. The van der Waals surface area contributed by atoms with Gasteiger partial charge in [0.15, 0.2) is 5.82 Å². The van der Waals surface area contributed by atoms with E-state index in [0.29, 0.717) is 0 Å². The van der Waals surface area contributed by atoms with Crippen molar-refractivity contribution in [1.29, 1.82) is 0 Å². The highest BCUT2D eigenvalue weighted by atomic mass is 15.2. The lowest BCUT2D eigenvalue weighted by atomic mass is 10.1. The number of aromatic nitrogens is 3. The van der Waals surface area contributed by atoms with Crippen LogP contribution < -0.4 is 5.32 Å². The maximum Gasteiger partial charge on any atom is 0.173 e. The Labute approximate surface area is 94.1 Å². The number of hydrogen-bond acceptors (Lipinski definition) is 3. The molecular weight excluding hydrogens is 200 g/mol. The number of nitrogens with zero attached hydrogens (tertiary/aromatic N) is 2. The van der Waals surface area contributed by atoms with Crippen molar-refractivity contribution in [2.45, 2.75) is 25.8 Å². The molecule has 1 aliphatic heterocycles. The largest absolute Gasteiger partial charge is 0.375 e. The molecule has 0 aliphatic carbocycles. The quantitative estimate of drug-likeness (QED) is 0.804. The van der Waals surface area contributed by atoms with E-state index in [1.807, 2.05) is 6.07 Å². The van der Waals surface area contributed by atoms with Gasteiger partial charge in [-0.15, -0.1) is 0 Å². The number of anilines is 1. The highest BCUT2D eigenvalue weighted by Gasteiger charge is 2.24. The van der Waals surface area contributed by atoms with Crippen molar-refractivity contribution in [3.05, 3.63) is 41.5 Å². The molecule has 1 aromatic heterocycles. The molecule has 2 aromatic rings. The molecule has 0 radical (unpaired) electrons. The summed E-state index contributed by atoms with van der Waals surface area (Å²) >= 11 is 0. The first-order valence-corrected chi connectivity index (χ1v) is 5.62. The predicted molar refractivity (Wildman–Crippen MR) is 62.3 cm³/mol. The van der Waals surface area contributed by atoms with Gasteiger partial charge in [-0.25, -0.2) is 4.98 Å². The Hall–Kier alpha value is -1.84. The lowest BCUT2D eigenvalue weighted by Gasteiger charge is -2.05. The summed E-state index contributed by atoms with van der Waals surface area (Å²) in [4.78, 5) is 4.46. The zero-order chi connectivity index (χ0) is 11.0. The molecule has 4 heteroatoms. The van der Waals surface area contributed by atoms with Crippen LogP contribution >= 0.6 is 0 Å². The van der Waals surface area contributed by atoms with E-state index in [4.69, 9.17) is 0 Å². The predicted octanol–water partition coefficient (Wildman–Crippen LogP) is 2.08. The number of nitrogens with one attached hydrogen (secondary N) is 2. The van der Waals surface area contributed by atoms with E-state index in [-0.39, 0.29) is 6.04 Å². The minimum absolute atomic E-state index is 0.217. The molecule has 0 unspecified atom stereocenters. The molecule has 0 fully saturated rings. The second-order valence-corrected chi connectivity index (χ2v) is 4.05. The lowest BCUT2D eigenvalue weighted by Crippen LogP contribution is -2.07. The number of hydrogen-bond donors (Lipinski definition) is 2. The Kier molecular flexibility index (Phi) is 2.13. The van der Waals surface area contributed by atoms with E-state index in [2.05, 4.69) is 45.6 Å². The molecule has 1 aliphatic rings. The molecule has 2 N–H and O–H groups in total. The second-order valence-electron chi connectivity index (χ2n) is 4.05. The smallest absolute Gasteiger partial charge is 0.173 e. The van der Waals surface area contributed by atoms with Crippen LogP contribution in [0.4, 0.5) is 5.69 Å². The fraction of sp³-hybridized carbons (Fsp3) is 0.333. The standard InChI is InChI=1S/C12H14N4/c1-2-11-14-12(16-15-11)10-7-8-5-3-4-6-9(8)13-10/h3-6,10,13H,2,7H2,1H3,(H,14,15,16)/t10-/m0/s1. The van der Waals surface area contributed by atoms with Crippen molar-refractivity contribution in [1.82, 2.24) is 15.2 Å². The van der Waals surface area contributed by atoms with Gasteiger partial charge in [0.2, 0.25) is 0 Å². The van der Waals surface area contributed by atoms with E-state index in [1.165, 1.54) is 11.3 Å². The van der Waals surface area contributed by atoms with Crippen LogP contribution in [0.2, 0.25) is 0 Å². The molecule has 4 nitrogen and oxygen atoms in total. The first-order chi connectivity index (χ1) is 7.86. The van der Waals surface area contributed by atoms with Crippen LogP contribution in [-0.4, -0.2) is 15.2 Å². The molecule has 1 aromatic carbocycles. The van der Waals surface area contributed by atoms with E-state index >= 15 is 0 Å². The van der Waals surface area contributed by atoms with Crippen molar-refractivity contribution in [2.75, 3.05) is 5.32 Å². The number of fused-ring (bicyclic) bond motifs is 1. The summed E-state index contributed by atoms with van der Waals surface area (Å²) in [6.07, 6.45) is 1.86. The van der Waals surface area contributed by atoms with Crippen LogP contribution in [0.5, 0.6) is 0 Å². The molecule has 0 bridgehead atoms. The number of H-pyrrole nitrogens is 1. The van der Waals surface area contributed by atoms with Gasteiger partial charge in [-0.2, -0.15) is 5.10 Å². The number of aromatic amines is 1. The zero-order valence-corrected chi connectivity index (χ0v) is 9.20. The van der Waals surface area contributed by atoms with Gasteiger partial charge in [-0.1, -0.05) is 25.1 Å². The maximum atomic E-state index is 4.46. The van der Waals surface area contributed by atoms with Crippen LogP contribution in [0.1, 0.15) is 30.2 Å². The van der Waals surface area contributed by atoms with Crippen molar-refractivity contribution in [2.24, 2.45) is 0 Å². The summed E-state index contributed by atoms with van der Waals surface area (Å²) in [7, 11) is 0. The van der Waals surface area contributed by atoms with Gasteiger partial charge in [0.1, 0.15) is 5.82 Å². The molecule has 2 heterocycles. The Morgan fingerprint density at radius 1 is 1.38 bits per heavy atom. The molecule has 3 rings (SSSR count). The van der Waals surface area contributed by atoms with Crippen molar-refractivity contribution in [3.63, 3.8) is 0 Å². The molecule has 0 saturated heterocycles. The fourth-order valence-corrected chi connectivity index (χ4v) is 2.08. The molecule has 82 valence electrons. The topological polar surface area (TPSA) is 53.6 Å². The lowest BCUT2D eigenvalue weighted by molar-refractivity contribution is 0.752. The molecule has 0 saturated carbocycles. The van der Waals surface area contributed by atoms with E-state index in [0.717, 1.165) is 24.5 Å². The van der Waals surface area contributed by atoms with Crippen LogP contribution in [0.15, 0.2) is 24.3 Å². The summed E-state index contributed by atoms with van der Waals surface area (Å²) in [6, 6.07) is 8.58. The SMILES string of the molecule is CCc1nc([C@@H]2Cc3ccccc3N2)n[nH]1. The van der Waals surface area contributed by atoms with Gasteiger partial charge in [0, 0.05) is 18.5 Å². The van der Waals surface area contributed by atoms with E-state index in [9.17, 15) is 0 Å². The van der Waals surface area contributed by atoms with Crippen LogP contribution in [0, 0.1) is 0 Å². The van der Waals surface area contributed by atoms with Crippen molar-refractivity contribution >= 4 is 5.69 Å². The van der Waals surface area contributed by atoms with Gasteiger partial charge in [-0.05, 0) is 11.6 Å². The van der Waals surface area contributed by atoms with Gasteiger partial charge >= 0.3 is 0 Å². The summed E-state index contributed by atoms with van der Waals surface area (Å²) in [5, 5.41) is 10.7. The van der Waals surface area contributed by atoms with Crippen LogP contribution in [0.25, 0.3) is 0 Å². The summed E-state index contributed by atoms with van der Waals surface area (Å²) in [6.45, 7) is 2.07. The molecule has 1 atom stereocenters. The minimum atomic E-state index is 0.217.